The van der Waals surface area contributed by atoms with Crippen LogP contribution in [0.2, 0.25) is 0 Å². The van der Waals surface area contributed by atoms with Crippen LogP contribution in [0.4, 0.5) is 0 Å². The molecule has 2 aromatic rings. The van der Waals surface area contributed by atoms with E-state index in [0.717, 1.165) is 56.7 Å². The Morgan fingerprint density at radius 1 is 1.08 bits per heavy atom. The number of rotatable bonds is 8. The summed E-state index contributed by atoms with van der Waals surface area (Å²) >= 11 is 0. The van der Waals surface area contributed by atoms with E-state index in [1.165, 1.54) is 12.0 Å². The summed E-state index contributed by atoms with van der Waals surface area (Å²) in [6.45, 7) is 5.20. The number of phenols is 1. The molecule has 1 atom stereocenters. The van der Waals surface area contributed by atoms with Crippen LogP contribution in [0.5, 0.6) is 11.5 Å². The molecule has 1 unspecified atom stereocenters. The van der Waals surface area contributed by atoms with Gasteiger partial charge in [-0.15, -0.1) is 0 Å². The van der Waals surface area contributed by atoms with Crippen LogP contribution in [0.3, 0.4) is 0 Å². The van der Waals surface area contributed by atoms with Gasteiger partial charge < -0.3 is 9.84 Å². The molecule has 0 saturated heterocycles. The van der Waals surface area contributed by atoms with Gasteiger partial charge in [-0.05, 0) is 68.0 Å². The maximum absolute atomic E-state index is 10.0. The molecule has 1 aliphatic rings. The Morgan fingerprint density at radius 3 is 2.72 bits per heavy atom. The Kier molecular flexibility index (Phi) is 6.35. The van der Waals surface area contributed by atoms with E-state index in [2.05, 4.69) is 17.9 Å². The topological polar surface area (TPSA) is 32.7 Å². The first-order valence-electron chi connectivity index (χ1n) is 9.49. The third kappa shape index (κ3) is 4.76. The standard InChI is InChI=1S/C22H29NO2/c1-2-14-23(15-7-16-25-20-9-4-3-5-10-20)19-12-13-21-18(17-19)8-6-11-22(21)24/h3-6,8-11,19,24H,2,7,12-17H2,1H3. The Labute approximate surface area is 151 Å². The van der Waals surface area contributed by atoms with Gasteiger partial charge in [0.15, 0.2) is 0 Å². The third-order valence-corrected chi connectivity index (χ3v) is 5.06. The molecular weight excluding hydrogens is 310 g/mol. The van der Waals surface area contributed by atoms with Crippen LogP contribution in [-0.4, -0.2) is 35.7 Å². The summed E-state index contributed by atoms with van der Waals surface area (Å²) in [5.41, 5.74) is 2.47. The highest BCUT2D eigenvalue weighted by Crippen LogP contribution is 2.30. The van der Waals surface area contributed by atoms with Crippen molar-refractivity contribution < 1.29 is 9.84 Å². The lowest BCUT2D eigenvalue weighted by Gasteiger charge is -2.35. The third-order valence-electron chi connectivity index (χ3n) is 5.06. The van der Waals surface area contributed by atoms with E-state index in [1.54, 1.807) is 0 Å². The van der Waals surface area contributed by atoms with Gasteiger partial charge in [0.25, 0.3) is 0 Å². The van der Waals surface area contributed by atoms with Crippen molar-refractivity contribution in [3.8, 4) is 11.5 Å². The molecule has 1 N–H and O–H groups in total. The van der Waals surface area contributed by atoms with Crippen molar-refractivity contribution >= 4 is 0 Å². The maximum Gasteiger partial charge on any atom is 0.119 e. The summed E-state index contributed by atoms with van der Waals surface area (Å²) in [7, 11) is 0. The molecule has 3 heteroatoms. The van der Waals surface area contributed by atoms with E-state index in [0.29, 0.717) is 11.8 Å². The number of phenolic OH excluding ortho intramolecular Hbond substituents is 1. The normalized spacial score (nSPS) is 16.6. The fourth-order valence-electron chi connectivity index (χ4n) is 3.82. The van der Waals surface area contributed by atoms with Crippen molar-refractivity contribution in [2.75, 3.05) is 19.7 Å². The molecule has 1 aliphatic carbocycles. The zero-order valence-electron chi connectivity index (χ0n) is 15.2. The highest BCUT2D eigenvalue weighted by Gasteiger charge is 2.25. The molecule has 0 spiro atoms. The van der Waals surface area contributed by atoms with Crippen LogP contribution >= 0.6 is 0 Å². The van der Waals surface area contributed by atoms with Gasteiger partial charge in [0.1, 0.15) is 11.5 Å². The van der Waals surface area contributed by atoms with Gasteiger partial charge in [0, 0.05) is 12.6 Å². The zero-order valence-corrected chi connectivity index (χ0v) is 15.2. The average Bonchev–Trinajstić information content (AvgIpc) is 2.65. The minimum absolute atomic E-state index is 0.467. The minimum atomic E-state index is 0.467. The van der Waals surface area contributed by atoms with Crippen LogP contribution < -0.4 is 4.74 Å². The van der Waals surface area contributed by atoms with E-state index in [9.17, 15) is 5.11 Å². The van der Waals surface area contributed by atoms with Crippen LogP contribution in [0, 0.1) is 0 Å². The average molecular weight is 339 g/mol. The summed E-state index contributed by atoms with van der Waals surface area (Å²) in [4.78, 5) is 2.61. The second-order valence-corrected chi connectivity index (χ2v) is 6.86. The molecule has 3 rings (SSSR count). The first-order chi connectivity index (χ1) is 12.3. The number of aromatic hydroxyl groups is 1. The number of nitrogens with zero attached hydrogens (tertiary/aromatic N) is 1. The second kappa shape index (κ2) is 8.91. The number of para-hydroxylation sites is 1. The summed E-state index contributed by atoms with van der Waals surface area (Å²) in [5.74, 6) is 1.42. The lowest BCUT2D eigenvalue weighted by atomic mass is 9.86. The Balaban J connectivity index is 1.52. The maximum atomic E-state index is 10.0. The monoisotopic (exact) mass is 339 g/mol. The lowest BCUT2D eigenvalue weighted by Crippen LogP contribution is -2.40. The van der Waals surface area contributed by atoms with E-state index >= 15 is 0 Å². The Morgan fingerprint density at radius 2 is 1.92 bits per heavy atom. The van der Waals surface area contributed by atoms with Crippen molar-refractivity contribution in [1.29, 1.82) is 0 Å². The fraction of sp³-hybridized carbons (Fsp3) is 0.455. The van der Waals surface area contributed by atoms with Gasteiger partial charge in [-0.25, -0.2) is 0 Å². The molecule has 0 radical (unpaired) electrons. The molecule has 0 heterocycles. The van der Waals surface area contributed by atoms with Gasteiger partial charge in [0.05, 0.1) is 6.61 Å². The molecule has 0 aliphatic heterocycles. The number of ether oxygens (including phenoxy) is 1. The van der Waals surface area contributed by atoms with E-state index in [1.807, 2.05) is 42.5 Å². The van der Waals surface area contributed by atoms with Crippen molar-refractivity contribution in [2.45, 2.75) is 45.1 Å². The first kappa shape index (κ1) is 17.8. The quantitative estimate of drug-likeness (QED) is 0.722. The minimum Gasteiger partial charge on any atom is -0.508 e. The summed E-state index contributed by atoms with van der Waals surface area (Å²) < 4.78 is 5.83. The Bertz CT molecular complexity index is 656. The molecule has 2 aromatic carbocycles. The summed E-state index contributed by atoms with van der Waals surface area (Å²) in [5, 5.41) is 10.0. The van der Waals surface area contributed by atoms with Crippen molar-refractivity contribution in [1.82, 2.24) is 4.90 Å². The predicted octanol–water partition coefficient (Wildman–Crippen LogP) is 4.43. The number of hydrogen-bond donors (Lipinski definition) is 1. The summed E-state index contributed by atoms with van der Waals surface area (Å²) in [6.07, 6.45) is 5.36. The number of fused-ring (bicyclic) bond motifs is 1. The van der Waals surface area contributed by atoms with Gasteiger partial charge in [-0.2, -0.15) is 0 Å². The number of benzene rings is 2. The first-order valence-corrected chi connectivity index (χ1v) is 9.49. The predicted molar refractivity (Wildman–Crippen MR) is 102 cm³/mol. The highest BCUT2D eigenvalue weighted by atomic mass is 16.5. The second-order valence-electron chi connectivity index (χ2n) is 6.86. The molecule has 0 aromatic heterocycles. The molecule has 3 nitrogen and oxygen atoms in total. The molecular formula is C22H29NO2. The smallest absolute Gasteiger partial charge is 0.119 e. The van der Waals surface area contributed by atoms with Crippen LogP contribution in [0.25, 0.3) is 0 Å². The van der Waals surface area contributed by atoms with Crippen LogP contribution in [-0.2, 0) is 12.8 Å². The summed E-state index contributed by atoms with van der Waals surface area (Å²) in [6, 6.07) is 16.6. The fourth-order valence-corrected chi connectivity index (χ4v) is 3.82. The van der Waals surface area contributed by atoms with Crippen LogP contribution in [0.1, 0.15) is 37.3 Å². The molecule has 25 heavy (non-hydrogen) atoms. The van der Waals surface area contributed by atoms with E-state index in [-0.39, 0.29) is 0 Å². The molecule has 0 fully saturated rings. The highest BCUT2D eigenvalue weighted by molar-refractivity contribution is 5.41. The van der Waals surface area contributed by atoms with Crippen molar-refractivity contribution in [3.63, 3.8) is 0 Å². The van der Waals surface area contributed by atoms with Gasteiger partial charge in [-0.1, -0.05) is 37.3 Å². The van der Waals surface area contributed by atoms with Crippen LogP contribution in [0.15, 0.2) is 48.5 Å². The van der Waals surface area contributed by atoms with Gasteiger partial charge in [-0.3, -0.25) is 4.90 Å². The molecule has 0 amide bonds. The van der Waals surface area contributed by atoms with Crippen molar-refractivity contribution in [3.05, 3.63) is 59.7 Å². The van der Waals surface area contributed by atoms with Gasteiger partial charge >= 0.3 is 0 Å². The van der Waals surface area contributed by atoms with E-state index < -0.39 is 0 Å². The van der Waals surface area contributed by atoms with Crippen molar-refractivity contribution in [2.24, 2.45) is 0 Å². The lowest BCUT2D eigenvalue weighted by molar-refractivity contribution is 0.164. The molecule has 0 bridgehead atoms. The van der Waals surface area contributed by atoms with E-state index in [4.69, 9.17) is 4.74 Å². The molecule has 0 saturated carbocycles. The number of hydrogen-bond acceptors (Lipinski definition) is 3. The largest absolute Gasteiger partial charge is 0.508 e. The molecule has 134 valence electrons. The van der Waals surface area contributed by atoms with Gasteiger partial charge in [0.2, 0.25) is 0 Å². The Hall–Kier alpha value is -2.00. The SMILES string of the molecule is CCCN(CCCOc1ccccc1)C1CCc2c(O)cccc2C1. The zero-order chi connectivity index (χ0) is 17.5.